The molecule has 0 aliphatic rings. The van der Waals surface area contributed by atoms with Crippen LogP contribution in [0.25, 0.3) is 0 Å². The predicted molar refractivity (Wildman–Crippen MR) is 87.0 cm³/mol. The van der Waals surface area contributed by atoms with E-state index in [1.54, 1.807) is 17.4 Å². The summed E-state index contributed by atoms with van der Waals surface area (Å²) in [7, 11) is -3.50. The number of hydrogen-bond acceptors (Lipinski definition) is 4. The number of sulfonamides is 1. The maximum Gasteiger partial charge on any atom is 0.240 e. The molecule has 1 aromatic heterocycles. The monoisotopic (exact) mass is 324 g/mol. The Kier molecular flexibility index (Phi) is 5.16. The van der Waals surface area contributed by atoms with Crippen LogP contribution in [0.15, 0.2) is 34.5 Å². The highest BCUT2D eigenvalue weighted by Crippen LogP contribution is 2.21. The van der Waals surface area contributed by atoms with E-state index in [-0.39, 0.29) is 0 Å². The van der Waals surface area contributed by atoms with E-state index < -0.39 is 10.0 Å². The van der Waals surface area contributed by atoms with Crippen molar-refractivity contribution in [2.75, 3.05) is 6.54 Å². The largest absolute Gasteiger partial charge is 0.326 e. The maximum absolute atomic E-state index is 12.5. The van der Waals surface area contributed by atoms with Gasteiger partial charge in [-0.15, -0.1) is 11.3 Å². The average Bonchev–Trinajstić information content (AvgIpc) is 2.94. The van der Waals surface area contributed by atoms with Crippen LogP contribution in [0, 0.1) is 13.8 Å². The minimum Gasteiger partial charge on any atom is -0.326 e. The highest BCUT2D eigenvalue weighted by atomic mass is 32.2. The van der Waals surface area contributed by atoms with Crippen LogP contribution in [-0.4, -0.2) is 15.0 Å². The average molecular weight is 324 g/mol. The number of nitrogens with two attached hydrogens (primary N) is 1. The van der Waals surface area contributed by atoms with E-state index in [4.69, 9.17) is 5.73 Å². The van der Waals surface area contributed by atoms with Crippen molar-refractivity contribution in [3.8, 4) is 0 Å². The number of benzene rings is 1. The van der Waals surface area contributed by atoms with Crippen LogP contribution in [0.2, 0.25) is 0 Å². The van der Waals surface area contributed by atoms with Crippen molar-refractivity contribution in [3.05, 3.63) is 51.2 Å². The van der Waals surface area contributed by atoms with Crippen molar-refractivity contribution >= 4 is 21.4 Å². The lowest BCUT2D eigenvalue weighted by Crippen LogP contribution is -2.27. The summed E-state index contributed by atoms with van der Waals surface area (Å²) in [5, 5.41) is 1.99. The van der Waals surface area contributed by atoms with Gasteiger partial charge in [0.05, 0.1) is 4.90 Å². The van der Waals surface area contributed by atoms with Gasteiger partial charge in [0.25, 0.3) is 0 Å². The Hall–Kier alpha value is -1.21. The summed E-state index contributed by atoms with van der Waals surface area (Å²) in [5.74, 6) is 0. The van der Waals surface area contributed by atoms with E-state index in [1.165, 1.54) is 4.88 Å². The van der Waals surface area contributed by atoms with Crippen LogP contribution in [0.5, 0.6) is 0 Å². The molecule has 3 N–H and O–H groups in total. The molecule has 114 valence electrons. The quantitative estimate of drug-likeness (QED) is 0.857. The van der Waals surface area contributed by atoms with Gasteiger partial charge in [-0.3, -0.25) is 0 Å². The van der Waals surface area contributed by atoms with Crippen LogP contribution in [0.3, 0.4) is 0 Å². The third-order valence-electron chi connectivity index (χ3n) is 3.45. The molecule has 0 aliphatic heterocycles. The van der Waals surface area contributed by atoms with Gasteiger partial charge >= 0.3 is 0 Å². The molecule has 0 radical (unpaired) electrons. The molecule has 6 heteroatoms. The number of thiophene rings is 1. The summed E-state index contributed by atoms with van der Waals surface area (Å²) in [6.45, 7) is 4.45. The molecule has 4 nitrogen and oxygen atoms in total. The van der Waals surface area contributed by atoms with Gasteiger partial charge in [0.2, 0.25) is 10.0 Å². The molecule has 2 aromatic rings. The van der Waals surface area contributed by atoms with Gasteiger partial charge in [-0.25, -0.2) is 13.1 Å². The van der Waals surface area contributed by atoms with Crippen molar-refractivity contribution in [1.29, 1.82) is 0 Å². The minimum absolute atomic E-state index is 0.328. The Bertz CT molecular complexity index is 708. The molecule has 0 unspecified atom stereocenters. The zero-order valence-electron chi connectivity index (χ0n) is 12.2. The second-order valence-corrected chi connectivity index (χ2v) is 7.73. The number of hydrogen-bond donors (Lipinski definition) is 2. The second-order valence-electron chi connectivity index (χ2n) is 4.97. The van der Waals surface area contributed by atoms with E-state index in [2.05, 4.69) is 4.72 Å². The Morgan fingerprint density at radius 3 is 2.67 bits per heavy atom. The predicted octanol–water partition coefficient (Wildman–Crippen LogP) is 2.34. The zero-order chi connectivity index (χ0) is 15.5. The fourth-order valence-electron chi connectivity index (χ4n) is 2.14. The Balaban J connectivity index is 2.17. The van der Waals surface area contributed by atoms with Gasteiger partial charge in [-0.2, -0.15) is 0 Å². The van der Waals surface area contributed by atoms with E-state index >= 15 is 0 Å². The van der Waals surface area contributed by atoms with Crippen LogP contribution >= 0.6 is 11.3 Å². The standard InChI is InChI=1S/C15H20N2O2S2/c1-11-8-13(10-16)9-15(12(11)2)21(18,19)17-6-5-14-4-3-7-20-14/h3-4,7-9,17H,5-6,10,16H2,1-2H3. The highest BCUT2D eigenvalue weighted by Gasteiger charge is 2.18. The van der Waals surface area contributed by atoms with Gasteiger partial charge in [0.15, 0.2) is 0 Å². The van der Waals surface area contributed by atoms with Gasteiger partial charge < -0.3 is 5.73 Å². The molecular weight excluding hydrogens is 304 g/mol. The number of aryl methyl sites for hydroxylation is 1. The van der Waals surface area contributed by atoms with Gasteiger partial charge in [-0.05, 0) is 54.5 Å². The Labute approximate surface area is 130 Å². The van der Waals surface area contributed by atoms with Crippen molar-refractivity contribution in [1.82, 2.24) is 4.72 Å². The first-order valence-corrected chi connectivity index (χ1v) is 9.12. The fourth-order valence-corrected chi connectivity index (χ4v) is 4.24. The summed E-state index contributed by atoms with van der Waals surface area (Å²) < 4.78 is 27.6. The molecule has 0 aliphatic carbocycles. The molecule has 0 atom stereocenters. The third kappa shape index (κ3) is 3.91. The maximum atomic E-state index is 12.5. The van der Waals surface area contributed by atoms with Gasteiger partial charge in [-0.1, -0.05) is 12.1 Å². The first-order chi connectivity index (χ1) is 9.94. The second kappa shape index (κ2) is 6.70. The summed E-state index contributed by atoms with van der Waals surface area (Å²) in [6.07, 6.45) is 0.700. The molecule has 1 heterocycles. The summed E-state index contributed by atoms with van der Waals surface area (Å²) >= 11 is 1.63. The smallest absolute Gasteiger partial charge is 0.240 e. The highest BCUT2D eigenvalue weighted by molar-refractivity contribution is 7.89. The molecule has 0 fully saturated rings. The normalized spacial score (nSPS) is 11.8. The number of rotatable bonds is 6. The molecule has 0 saturated carbocycles. The fraction of sp³-hybridized carbons (Fsp3) is 0.333. The molecular formula is C15H20N2O2S2. The molecule has 21 heavy (non-hydrogen) atoms. The van der Waals surface area contributed by atoms with Crippen molar-refractivity contribution in [2.24, 2.45) is 5.73 Å². The van der Waals surface area contributed by atoms with Crippen molar-refractivity contribution < 1.29 is 8.42 Å². The zero-order valence-corrected chi connectivity index (χ0v) is 13.9. The van der Waals surface area contributed by atoms with Crippen LogP contribution in [0.4, 0.5) is 0 Å². The molecule has 0 amide bonds. The van der Waals surface area contributed by atoms with Crippen LogP contribution in [0.1, 0.15) is 21.6 Å². The van der Waals surface area contributed by atoms with Gasteiger partial charge in [0.1, 0.15) is 0 Å². The first kappa shape index (κ1) is 16.2. The van der Waals surface area contributed by atoms with E-state index in [0.29, 0.717) is 24.4 Å². The van der Waals surface area contributed by atoms with E-state index in [9.17, 15) is 8.42 Å². The minimum atomic E-state index is -3.50. The SMILES string of the molecule is Cc1cc(CN)cc(S(=O)(=O)NCCc2cccs2)c1C. The lowest BCUT2D eigenvalue weighted by Gasteiger charge is -2.13. The van der Waals surface area contributed by atoms with Crippen LogP contribution in [-0.2, 0) is 23.0 Å². The summed E-state index contributed by atoms with van der Waals surface area (Å²) in [6, 6.07) is 7.56. The van der Waals surface area contributed by atoms with E-state index in [1.807, 2.05) is 37.4 Å². The molecule has 0 bridgehead atoms. The molecule has 0 saturated heterocycles. The summed E-state index contributed by atoms with van der Waals surface area (Å²) in [5.41, 5.74) is 8.18. The number of nitrogens with one attached hydrogen (secondary N) is 1. The third-order valence-corrected chi connectivity index (χ3v) is 5.97. The lowest BCUT2D eigenvalue weighted by molar-refractivity contribution is 0.581. The Morgan fingerprint density at radius 2 is 2.05 bits per heavy atom. The molecule has 0 spiro atoms. The lowest BCUT2D eigenvalue weighted by atomic mass is 10.1. The van der Waals surface area contributed by atoms with Crippen LogP contribution < -0.4 is 10.5 Å². The summed E-state index contributed by atoms with van der Waals surface area (Å²) in [4.78, 5) is 1.50. The molecule has 1 aromatic carbocycles. The van der Waals surface area contributed by atoms with Crippen molar-refractivity contribution in [3.63, 3.8) is 0 Å². The topological polar surface area (TPSA) is 72.2 Å². The van der Waals surface area contributed by atoms with Crippen molar-refractivity contribution in [2.45, 2.75) is 31.7 Å². The van der Waals surface area contributed by atoms with E-state index in [0.717, 1.165) is 16.7 Å². The Morgan fingerprint density at radius 1 is 1.29 bits per heavy atom. The van der Waals surface area contributed by atoms with Gasteiger partial charge in [0, 0.05) is 18.0 Å². The first-order valence-electron chi connectivity index (χ1n) is 6.76. The molecule has 2 rings (SSSR count).